The fraction of sp³-hybridized carbons (Fsp3) is 0. The molecule has 30 heavy (non-hydrogen) atoms. The maximum absolute atomic E-state index is 3.50. The molecule has 0 nitrogen and oxygen atoms in total. The van der Waals surface area contributed by atoms with Crippen LogP contribution in [0.2, 0.25) is 0 Å². The van der Waals surface area contributed by atoms with Gasteiger partial charge in [0, 0.05) is 4.47 Å². The van der Waals surface area contributed by atoms with Gasteiger partial charge in [0.1, 0.15) is 0 Å². The topological polar surface area (TPSA) is 0 Å². The van der Waals surface area contributed by atoms with E-state index >= 15 is 0 Å². The third-order valence-electron chi connectivity index (χ3n) is 4.78. The van der Waals surface area contributed by atoms with E-state index in [1.807, 2.05) is 12.1 Å². The summed E-state index contributed by atoms with van der Waals surface area (Å²) in [5.41, 5.74) is 0. The minimum Gasteiger partial charge on any atom is -0.0622 e. The SMILES string of the molecule is Brc1cccc2ccccc12.c1ccc(P(c2ccccc2)c2ccccc2)cc1. The Balaban J connectivity index is 0.000000168. The van der Waals surface area contributed by atoms with Crippen molar-refractivity contribution in [2.75, 3.05) is 0 Å². The van der Waals surface area contributed by atoms with Crippen LogP contribution in [0.15, 0.2) is 138 Å². The Morgan fingerprint density at radius 2 is 0.800 bits per heavy atom. The molecule has 0 aliphatic carbocycles. The fourth-order valence-corrected chi connectivity index (χ4v) is 6.18. The monoisotopic (exact) mass is 468 g/mol. The van der Waals surface area contributed by atoms with E-state index in [1.165, 1.54) is 26.7 Å². The summed E-state index contributed by atoms with van der Waals surface area (Å²) in [4.78, 5) is 0. The molecule has 5 rings (SSSR count). The van der Waals surface area contributed by atoms with Gasteiger partial charge in [-0.25, -0.2) is 0 Å². The van der Waals surface area contributed by atoms with Crippen LogP contribution in [0.1, 0.15) is 0 Å². The number of rotatable bonds is 3. The molecule has 146 valence electrons. The molecule has 0 unspecified atom stereocenters. The Kier molecular flexibility index (Phi) is 7.08. The highest BCUT2D eigenvalue weighted by Crippen LogP contribution is 2.32. The maximum atomic E-state index is 3.50. The second kappa shape index (κ2) is 10.3. The van der Waals surface area contributed by atoms with E-state index in [0.717, 1.165) is 4.47 Å². The minimum atomic E-state index is -0.446. The quantitative estimate of drug-likeness (QED) is 0.249. The van der Waals surface area contributed by atoms with Gasteiger partial charge in [-0.15, -0.1) is 0 Å². The summed E-state index contributed by atoms with van der Waals surface area (Å²) >= 11 is 3.50. The summed E-state index contributed by atoms with van der Waals surface area (Å²) in [6.07, 6.45) is 0. The van der Waals surface area contributed by atoms with Gasteiger partial charge in [0.2, 0.25) is 0 Å². The van der Waals surface area contributed by atoms with Crippen molar-refractivity contribution in [3.63, 3.8) is 0 Å². The van der Waals surface area contributed by atoms with E-state index in [2.05, 4.69) is 137 Å². The highest BCUT2D eigenvalue weighted by atomic mass is 79.9. The second-order valence-electron chi connectivity index (χ2n) is 6.80. The molecule has 5 aromatic rings. The fourth-order valence-electron chi connectivity index (χ4n) is 3.36. The summed E-state index contributed by atoms with van der Waals surface area (Å²) in [5, 5.41) is 6.75. The Hall–Kier alpha value is -2.73. The number of hydrogen-bond donors (Lipinski definition) is 0. The van der Waals surface area contributed by atoms with Crippen LogP contribution in [0.3, 0.4) is 0 Å². The first-order chi connectivity index (χ1) is 14.8. The smallest absolute Gasteiger partial charge is 0.0253 e. The average molecular weight is 469 g/mol. The Labute approximate surface area is 188 Å². The van der Waals surface area contributed by atoms with Crippen LogP contribution in [0.4, 0.5) is 0 Å². The standard InChI is InChI=1S/C18H15P.C10H7Br/c1-4-10-16(11-5-1)19(17-12-6-2-7-13-17)18-14-8-3-9-15-18;11-10-7-3-5-8-4-1-2-6-9(8)10/h1-15H;1-7H. The number of halogens is 1. The van der Waals surface area contributed by atoms with Gasteiger partial charge in [-0.3, -0.25) is 0 Å². The van der Waals surface area contributed by atoms with Gasteiger partial charge in [-0.1, -0.05) is 143 Å². The van der Waals surface area contributed by atoms with Crippen molar-refractivity contribution in [1.29, 1.82) is 0 Å². The molecule has 0 atom stereocenters. The zero-order valence-corrected chi connectivity index (χ0v) is 19.0. The summed E-state index contributed by atoms with van der Waals surface area (Å²) in [7, 11) is -0.446. The Morgan fingerprint density at radius 3 is 1.27 bits per heavy atom. The van der Waals surface area contributed by atoms with Gasteiger partial charge >= 0.3 is 0 Å². The van der Waals surface area contributed by atoms with Gasteiger partial charge in [0.25, 0.3) is 0 Å². The van der Waals surface area contributed by atoms with Gasteiger partial charge in [-0.05, 0) is 40.7 Å². The molecule has 0 amide bonds. The van der Waals surface area contributed by atoms with Gasteiger partial charge in [-0.2, -0.15) is 0 Å². The predicted octanol–water partition coefficient (Wildman–Crippen LogP) is 7.05. The van der Waals surface area contributed by atoms with E-state index < -0.39 is 7.92 Å². The normalized spacial score (nSPS) is 10.5. The zero-order chi connectivity index (χ0) is 20.6. The molecule has 0 saturated carbocycles. The van der Waals surface area contributed by atoms with Crippen LogP contribution in [-0.2, 0) is 0 Å². The Bertz CT molecular complexity index is 1090. The highest BCUT2D eigenvalue weighted by molar-refractivity contribution is 9.10. The predicted molar refractivity (Wildman–Crippen MR) is 137 cm³/mol. The molecule has 2 heteroatoms. The van der Waals surface area contributed by atoms with E-state index in [-0.39, 0.29) is 0 Å². The first-order valence-corrected chi connectivity index (χ1v) is 12.0. The van der Waals surface area contributed by atoms with Crippen molar-refractivity contribution in [3.05, 3.63) is 138 Å². The number of hydrogen-bond acceptors (Lipinski definition) is 0. The van der Waals surface area contributed by atoms with Crippen molar-refractivity contribution in [3.8, 4) is 0 Å². The van der Waals surface area contributed by atoms with Crippen LogP contribution in [0, 0.1) is 0 Å². The molecule has 0 bridgehead atoms. The molecular weight excluding hydrogens is 447 g/mol. The summed E-state index contributed by atoms with van der Waals surface area (Å²) < 4.78 is 1.16. The van der Waals surface area contributed by atoms with Crippen molar-refractivity contribution in [2.24, 2.45) is 0 Å². The van der Waals surface area contributed by atoms with Crippen molar-refractivity contribution < 1.29 is 0 Å². The molecule has 0 aliphatic rings. The number of benzene rings is 5. The average Bonchev–Trinajstić information content (AvgIpc) is 2.82. The largest absolute Gasteiger partial charge is 0.0622 e. The summed E-state index contributed by atoms with van der Waals surface area (Å²) in [6.45, 7) is 0. The molecule has 0 heterocycles. The van der Waals surface area contributed by atoms with Crippen LogP contribution in [0.25, 0.3) is 10.8 Å². The van der Waals surface area contributed by atoms with E-state index in [1.54, 1.807) is 0 Å². The van der Waals surface area contributed by atoms with Crippen LogP contribution >= 0.6 is 23.9 Å². The third-order valence-corrected chi connectivity index (χ3v) is 7.91. The lowest BCUT2D eigenvalue weighted by Crippen LogP contribution is -2.20. The minimum absolute atomic E-state index is 0.446. The first-order valence-electron chi connectivity index (χ1n) is 9.91. The first kappa shape index (κ1) is 20.5. The van der Waals surface area contributed by atoms with E-state index in [9.17, 15) is 0 Å². The van der Waals surface area contributed by atoms with Crippen molar-refractivity contribution in [2.45, 2.75) is 0 Å². The van der Waals surface area contributed by atoms with Gasteiger partial charge in [0.05, 0.1) is 0 Å². The second-order valence-corrected chi connectivity index (χ2v) is 9.88. The van der Waals surface area contributed by atoms with Crippen LogP contribution in [0.5, 0.6) is 0 Å². The molecule has 0 radical (unpaired) electrons. The van der Waals surface area contributed by atoms with Crippen molar-refractivity contribution >= 4 is 50.5 Å². The molecule has 0 saturated heterocycles. The Morgan fingerprint density at radius 1 is 0.400 bits per heavy atom. The van der Waals surface area contributed by atoms with Gasteiger partial charge in [0.15, 0.2) is 0 Å². The lowest BCUT2D eigenvalue weighted by molar-refractivity contribution is 1.71. The lowest BCUT2D eigenvalue weighted by Gasteiger charge is -2.18. The lowest BCUT2D eigenvalue weighted by atomic mass is 10.1. The molecule has 0 aromatic heterocycles. The van der Waals surface area contributed by atoms with Crippen LogP contribution in [-0.4, -0.2) is 0 Å². The zero-order valence-electron chi connectivity index (χ0n) is 16.5. The van der Waals surface area contributed by atoms with Gasteiger partial charge < -0.3 is 0 Å². The maximum Gasteiger partial charge on any atom is 0.0253 e. The highest BCUT2D eigenvalue weighted by Gasteiger charge is 2.14. The molecular formula is C28H22BrP. The number of fused-ring (bicyclic) bond motifs is 1. The molecule has 5 aromatic carbocycles. The van der Waals surface area contributed by atoms with Crippen LogP contribution < -0.4 is 15.9 Å². The van der Waals surface area contributed by atoms with E-state index in [4.69, 9.17) is 0 Å². The molecule has 0 spiro atoms. The molecule has 0 N–H and O–H groups in total. The summed E-state index contributed by atoms with van der Waals surface area (Å²) in [6, 6.07) is 46.9. The van der Waals surface area contributed by atoms with Crippen molar-refractivity contribution in [1.82, 2.24) is 0 Å². The molecule has 0 fully saturated rings. The molecule has 0 aliphatic heterocycles. The third kappa shape index (κ3) is 5.05. The summed E-state index contributed by atoms with van der Waals surface area (Å²) in [5.74, 6) is 0. The van der Waals surface area contributed by atoms with E-state index in [0.29, 0.717) is 0 Å².